The number of nitrogens with zero attached hydrogens (tertiary/aromatic N) is 2. The molecule has 0 spiro atoms. The molecule has 1 aromatic heterocycles. The fraction of sp³-hybridized carbons (Fsp3) is 0.714. The molecule has 0 amide bonds. The van der Waals surface area contributed by atoms with E-state index in [4.69, 9.17) is 5.73 Å². The first-order valence-electron chi connectivity index (χ1n) is 7.05. The summed E-state index contributed by atoms with van der Waals surface area (Å²) in [5.41, 5.74) is 7.70. The van der Waals surface area contributed by atoms with Crippen LogP contribution in [0.1, 0.15) is 45.0 Å². The zero-order valence-corrected chi connectivity index (χ0v) is 13.7. The van der Waals surface area contributed by atoms with Crippen molar-refractivity contribution in [2.75, 3.05) is 6.54 Å². The molecule has 2 N–H and O–H groups in total. The van der Waals surface area contributed by atoms with Crippen molar-refractivity contribution < 1.29 is 4.79 Å². The number of hydrogen-bond donors (Lipinski definition) is 1. The third-order valence-corrected chi connectivity index (χ3v) is 4.33. The molecule has 0 saturated heterocycles. The van der Waals surface area contributed by atoms with Gasteiger partial charge in [0.25, 0.3) is 0 Å². The number of aryl methyl sites for hydroxylation is 2. The van der Waals surface area contributed by atoms with Gasteiger partial charge in [-0.15, -0.1) is 0 Å². The zero-order chi connectivity index (χ0) is 14.4. The summed E-state index contributed by atoms with van der Waals surface area (Å²) >= 11 is 3.57. The molecule has 1 heterocycles. The van der Waals surface area contributed by atoms with Crippen molar-refractivity contribution in [1.29, 1.82) is 0 Å². The number of Topliss-reactive ketones (excluding diaryl/α,β-unsaturated/α-hetero) is 1. The number of rotatable bonds is 8. The average molecular weight is 330 g/mol. The highest BCUT2D eigenvalue weighted by Crippen LogP contribution is 2.24. The van der Waals surface area contributed by atoms with Crippen molar-refractivity contribution in [2.45, 2.75) is 53.0 Å². The van der Waals surface area contributed by atoms with Gasteiger partial charge in [0.05, 0.1) is 15.9 Å². The summed E-state index contributed by atoms with van der Waals surface area (Å²) in [5.74, 6) is 0.199. The molecule has 0 saturated carbocycles. The summed E-state index contributed by atoms with van der Waals surface area (Å²) in [6.45, 7) is 7.41. The minimum Gasteiger partial charge on any atom is -0.330 e. The van der Waals surface area contributed by atoms with Gasteiger partial charge in [0.1, 0.15) is 5.78 Å². The maximum atomic E-state index is 12.3. The van der Waals surface area contributed by atoms with Crippen molar-refractivity contribution in [2.24, 2.45) is 11.7 Å². The predicted octanol–water partition coefficient (Wildman–Crippen LogP) is 2.71. The van der Waals surface area contributed by atoms with Gasteiger partial charge in [0, 0.05) is 25.4 Å². The molecule has 0 radical (unpaired) electrons. The van der Waals surface area contributed by atoms with E-state index in [0.29, 0.717) is 13.0 Å². The molecule has 5 heteroatoms. The summed E-state index contributed by atoms with van der Waals surface area (Å²) in [6.07, 6.45) is 3.14. The van der Waals surface area contributed by atoms with E-state index in [1.165, 1.54) is 0 Å². The fourth-order valence-corrected chi connectivity index (χ4v) is 2.96. The molecule has 0 aliphatic rings. The van der Waals surface area contributed by atoms with Gasteiger partial charge < -0.3 is 5.73 Å². The number of nitrogens with two attached hydrogens (primary N) is 1. The second-order valence-corrected chi connectivity index (χ2v) is 5.53. The highest BCUT2D eigenvalue weighted by atomic mass is 79.9. The van der Waals surface area contributed by atoms with Crippen LogP contribution in [0.15, 0.2) is 4.47 Å². The second kappa shape index (κ2) is 7.80. The van der Waals surface area contributed by atoms with E-state index >= 15 is 0 Å². The van der Waals surface area contributed by atoms with Gasteiger partial charge in [-0.1, -0.05) is 20.3 Å². The van der Waals surface area contributed by atoms with Crippen LogP contribution in [0.4, 0.5) is 0 Å². The predicted molar refractivity (Wildman–Crippen MR) is 81.1 cm³/mol. The lowest BCUT2D eigenvalue weighted by molar-refractivity contribution is -0.122. The van der Waals surface area contributed by atoms with Gasteiger partial charge in [-0.3, -0.25) is 9.48 Å². The number of halogens is 1. The molecule has 1 atom stereocenters. The first-order chi connectivity index (χ1) is 9.08. The van der Waals surface area contributed by atoms with Crippen LogP contribution in [-0.2, 0) is 24.2 Å². The largest absolute Gasteiger partial charge is 0.330 e. The van der Waals surface area contributed by atoms with E-state index in [-0.39, 0.29) is 11.7 Å². The van der Waals surface area contributed by atoms with Crippen molar-refractivity contribution >= 4 is 21.7 Å². The fourth-order valence-electron chi connectivity index (χ4n) is 2.25. The Hall–Kier alpha value is -0.680. The lowest BCUT2D eigenvalue weighted by Gasteiger charge is -2.13. The lowest BCUT2D eigenvalue weighted by atomic mass is 9.95. The smallest absolute Gasteiger partial charge is 0.143 e. The van der Waals surface area contributed by atoms with Crippen molar-refractivity contribution in [3.05, 3.63) is 15.9 Å². The second-order valence-electron chi connectivity index (χ2n) is 4.74. The Morgan fingerprint density at radius 3 is 2.58 bits per heavy atom. The summed E-state index contributed by atoms with van der Waals surface area (Å²) in [6, 6.07) is 0. The monoisotopic (exact) mass is 329 g/mol. The average Bonchev–Trinajstić information content (AvgIpc) is 2.72. The zero-order valence-electron chi connectivity index (χ0n) is 12.1. The maximum Gasteiger partial charge on any atom is 0.143 e. The third-order valence-electron chi connectivity index (χ3n) is 3.41. The van der Waals surface area contributed by atoms with Crippen LogP contribution in [-0.4, -0.2) is 22.1 Å². The van der Waals surface area contributed by atoms with Crippen molar-refractivity contribution in [1.82, 2.24) is 9.78 Å². The number of carbonyl (C=O) groups excluding carboxylic acids is 1. The van der Waals surface area contributed by atoms with Gasteiger partial charge >= 0.3 is 0 Å². The number of carbonyl (C=O) groups is 1. The molecule has 0 aliphatic heterocycles. The minimum absolute atomic E-state index is 0.0258. The van der Waals surface area contributed by atoms with Crippen LogP contribution < -0.4 is 5.73 Å². The molecule has 1 rings (SSSR count). The SMILES string of the molecule is CCCC(CN)C(=O)Cc1c(Br)c(CC)nn1CC. The Balaban J connectivity index is 2.91. The van der Waals surface area contributed by atoms with E-state index in [0.717, 1.165) is 41.7 Å². The van der Waals surface area contributed by atoms with E-state index in [9.17, 15) is 4.79 Å². The molecule has 0 fully saturated rings. The highest BCUT2D eigenvalue weighted by Gasteiger charge is 2.21. The Kier molecular flexibility index (Phi) is 6.72. The first kappa shape index (κ1) is 16.4. The molecular weight excluding hydrogens is 306 g/mol. The molecule has 0 aliphatic carbocycles. The first-order valence-corrected chi connectivity index (χ1v) is 7.84. The van der Waals surface area contributed by atoms with Crippen LogP contribution in [0.5, 0.6) is 0 Å². The van der Waals surface area contributed by atoms with Crippen LogP contribution >= 0.6 is 15.9 Å². The van der Waals surface area contributed by atoms with E-state index in [2.05, 4.69) is 34.9 Å². The highest BCUT2D eigenvalue weighted by molar-refractivity contribution is 9.10. The normalized spacial score (nSPS) is 12.7. The molecule has 4 nitrogen and oxygen atoms in total. The molecule has 108 valence electrons. The summed E-state index contributed by atoms with van der Waals surface area (Å²) in [7, 11) is 0. The molecule has 0 aromatic carbocycles. The van der Waals surface area contributed by atoms with Crippen LogP contribution in [0.2, 0.25) is 0 Å². The van der Waals surface area contributed by atoms with Crippen LogP contribution in [0, 0.1) is 5.92 Å². The van der Waals surface area contributed by atoms with Crippen LogP contribution in [0.3, 0.4) is 0 Å². The van der Waals surface area contributed by atoms with Gasteiger partial charge in [-0.2, -0.15) is 5.10 Å². The standard InChI is InChI=1S/C14H24BrN3O/c1-4-7-10(9-16)13(19)8-12-14(15)11(5-2)17-18(12)6-3/h10H,4-9,16H2,1-3H3. The Morgan fingerprint density at radius 2 is 2.11 bits per heavy atom. The molecule has 19 heavy (non-hydrogen) atoms. The molecular formula is C14H24BrN3O. The molecule has 1 unspecified atom stereocenters. The minimum atomic E-state index is -0.0258. The van der Waals surface area contributed by atoms with E-state index in [1.807, 2.05) is 11.6 Å². The Bertz CT molecular complexity index is 429. The summed E-state index contributed by atoms with van der Waals surface area (Å²) < 4.78 is 2.90. The maximum absolute atomic E-state index is 12.3. The molecule has 1 aromatic rings. The van der Waals surface area contributed by atoms with Gasteiger partial charge in [-0.25, -0.2) is 0 Å². The number of ketones is 1. The van der Waals surface area contributed by atoms with Crippen molar-refractivity contribution in [3.63, 3.8) is 0 Å². The third kappa shape index (κ3) is 3.89. The van der Waals surface area contributed by atoms with Crippen LogP contribution in [0.25, 0.3) is 0 Å². The van der Waals surface area contributed by atoms with Gasteiger partial charge in [-0.05, 0) is 35.7 Å². The summed E-state index contributed by atoms with van der Waals surface area (Å²) in [4.78, 5) is 12.3. The Labute approximate surface area is 123 Å². The number of aromatic nitrogens is 2. The number of hydrogen-bond acceptors (Lipinski definition) is 3. The lowest BCUT2D eigenvalue weighted by Crippen LogP contribution is -2.26. The quantitative estimate of drug-likeness (QED) is 0.797. The Morgan fingerprint density at radius 1 is 1.42 bits per heavy atom. The topological polar surface area (TPSA) is 60.9 Å². The van der Waals surface area contributed by atoms with E-state index in [1.54, 1.807) is 0 Å². The van der Waals surface area contributed by atoms with Crippen molar-refractivity contribution in [3.8, 4) is 0 Å². The molecule has 0 bridgehead atoms. The van der Waals surface area contributed by atoms with E-state index < -0.39 is 0 Å². The van der Waals surface area contributed by atoms with Gasteiger partial charge in [0.2, 0.25) is 0 Å². The summed E-state index contributed by atoms with van der Waals surface area (Å²) in [5, 5.41) is 4.52. The van der Waals surface area contributed by atoms with Gasteiger partial charge in [0.15, 0.2) is 0 Å².